The van der Waals surface area contributed by atoms with Crippen molar-refractivity contribution >= 4 is 17.2 Å². The fourth-order valence-electron chi connectivity index (χ4n) is 3.97. The number of benzene rings is 2. The summed E-state index contributed by atoms with van der Waals surface area (Å²) in [7, 11) is 1.72. The van der Waals surface area contributed by atoms with Crippen LogP contribution < -0.4 is 4.90 Å². The lowest BCUT2D eigenvalue weighted by Crippen LogP contribution is -2.46. The number of hydrogen-bond acceptors (Lipinski definition) is 6. The quantitative estimate of drug-likeness (QED) is 0.347. The van der Waals surface area contributed by atoms with E-state index in [0.717, 1.165) is 19.6 Å². The maximum absolute atomic E-state index is 12.7. The van der Waals surface area contributed by atoms with E-state index in [0.29, 0.717) is 18.8 Å². The number of carbonyl (C=O) groups excluding carboxylic acids is 1. The summed E-state index contributed by atoms with van der Waals surface area (Å²) in [6, 6.07) is 13.1. The van der Waals surface area contributed by atoms with Gasteiger partial charge >= 0.3 is 0 Å². The van der Waals surface area contributed by atoms with Gasteiger partial charge in [-0.1, -0.05) is 24.3 Å². The van der Waals surface area contributed by atoms with Gasteiger partial charge in [0.15, 0.2) is 5.82 Å². The molecule has 0 unspecified atom stereocenters. The number of aryl methyl sites for hydroxylation is 2. The van der Waals surface area contributed by atoms with Crippen molar-refractivity contribution in [3.05, 3.63) is 87.5 Å². The molecule has 0 radical (unpaired) electrons. The Morgan fingerprint density at radius 1 is 1.13 bits per heavy atom. The molecule has 2 aromatic carbocycles. The van der Waals surface area contributed by atoms with E-state index in [9.17, 15) is 14.9 Å². The van der Waals surface area contributed by atoms with E-state index in [4.69, 9.17) is 0 Å². The summed E-state index contributed by atoms with van der Waals surface area (Å²) >= 11 is 0. The fraction of sp³-hybridized carbons (Fsp3) is 0.304. The first-order valence-corrected chi connectivity index (χ1v) is 10.3. The Kier molecular flexibility index (Phi) is 5.81. The molecule has 3 aromatic rings. The van der Waals surface area contributed by atoms with E-state index in [1.165, 1.54) is 23.4 Å². The molecular weight excluding hydrogens is 394 g/mol. The molecule has 0 atom stereocenters. The third-order valence-electron chi connectivity index (χ3n) is 5.83. The molecule has 0 N–H and O–H groups in total. The maximum Gasteiger partial charge on any atom is 0.293 e. The van der Waals surface area contributed by atoms with E-state index < -0.39 is 4.92 Å². The van der Waals surface area contributed by atoms with Crippen molar-refractivity contribution < 1.29 is 9.72 Å². The van der Waals surface area contributed by atoms with E-state index >= 15 is 0 Å². The van der Waals surface area contributed by atoms with Gasteiger partial charge in [0.05, 0.1) is 4.92 Å². The predicted molar refractivity (Wildman–Crippen MR) is 118 cm³/mol. The van der Waals surface area contributed by atoms with Gasteiger partial charge < -0.3 is 9.47 Å². The molecule has 0 bridgehead atoms. The highest BCUT2D eigenvalue weighted by atomic mass is 16.6. The largest absolute Gasteiger partial charge is 0.363 e. The summed E-state index contributed by atoms with van der Waals surface area (Å²) in [4.78, 5) is 32.5. The summed E-state index contributed by atoms with van der Waals surface area (Å²) in [5.74, 6) is -0.0722. The molecule has 8 heteroatoms. The average molecular weight is 419 g/mol. The zero-order valence-electron chi connectivity index (χ0n) is 17.7. The lowest BCUT2D eigenvalue weighted by atomic mass is 10.1. The first-order chi connectivity index (χ1) is 14.9. The van der Waals surface area contributed by atoms with Crippen molar-refractivity contribution in [1.29, 1.82) is 0 Å². The topological polar surface area (TPSA) is 84.5 Å². The molecule has 0 spiro atoms. The van der Waals surface area contributed by atoms with Crippen molar-refractivity contribution in [3.63, 3.8) is 0 Å². The third kappa shape index (κ3) is 4.34. The van der Waals surface area contributed by atoms with Gasteiger partial charge in [-0.05, 0) is 30.2 Å². The molecular formula is C23H25N5O3. The number of nitrogens with zero attached hydrogens (tertiary/aromatic N) is 5. The van der Waals surface area contributed by atoms with Gasteiger partial charge in [0.25, 0.3) is 5.69 Å². The Morgan fingerprint density at radius 2 is 1.87 bits per heavy atom. The average Bonchev–Trinajstić information content (AvgIpc) is 3.21. The number of ketones is 1. The Bertz CT molecular complexity index is 1120. The maximum atomic E-state index is 12.7. The number of hydrogen-bond donors (Lipinski definition) is 0. The van der Waals surface area contributed by atoms with Crippen LogP contribution in [0.5, 0.6) is 0 Å². The normalized spacial score (nSPS) is 14.6. The molecule has 31 heavy (non-hydrogen) atoms. The molecule has 1 aliphatic rings. The van der Waals surface area contributed by atoms with Gasteiger partial charge in [0.2, 0.25) is 5.78 Å². The Hall–Kier alpha value is -3.52. The van der Waals surface area contributed by atoms with E-state index in [-0.39, 0.29) is 22.9 Å². The second-order valence-corrected chi connectivity index (χ2v) is 7.84. The number of anilines is 1. The number of imidazole rings is 1. The van der Waals surface area contributed by atoms with Gasteiger partial charge in [-0.2, -0.15) is 0 Å². The highest BCUT2D eigenvalue weighted by Crippen LogP contribution is 2.31. The summed E-state index contributed by atoms with van der Waals surface area (Å²) in [6.07, 6.45) is 3.21. The molecule has 2 heterocycles. The molecule has 1 aromatic heterocycles. The van der Waals surface area contributed by atoms with Crippen LogP contribution in [0.3, 0.4) is 0 Å². The Labute approximate surface area is 180 Å². The third-order valence-corrected chi connectivity index (χ3v) is 5.83. The van der Waals surface area contributed by atoms with Crippen LogP contribution in [-0.4, -0.2) is 51.3 Å². The number of carbonyl (C=O) groups is 1. The van der Waals surface area contributed by atoms with Crippen LogP contribution in [0.4, 0.5) is 11.4 Å². The van der Waals surface area contributed by atoms with E-state index in [2.05, 4.69) is 35.0 Å². The monoisotopic (exact) mass is 419 g/mol. The van der Waals surface area contributed by atoms with Gasteiger partial charge in [-0.15, -0.1) is 0 Å². The highest BCUT2D eigenvalue weighted by molar-refractivity contribution is 6.07. The summed E-state index contributed by atoms with van der Waals surface area (Å²) in [5.41, 5.74) is 3.35. The number of nitro benzene ring substituents is 1. The van der Waals surface area contributed by atoms with Gasteiger partial charge in [0, 0.05) is 63.8 Å². The lowest BCUT2D eigenvalue weighted by Gasteiger charge is -2.36. The van der Waals surface area contributed by atoms with Crippen LogP contribution in [0, 0.1) is 17.0 Å². The zero-order valence-corrected chi connectivity index (χ0v) is 17.7. The smallest absolute Gasteiger partial charge is 0.293 e. The molecule has 1 fully saturated rings. The van der Waals surface area contributed by atoms with E-state index in [1.54, 1.807) is 29.9 Å². The second kappa shape index (κ2) is 8.69. The molecule has 8 nitrogen and oxygen atoms in total. The molecule has 1 aliphatic heterocycles. The van der Waals surface area contributed by atoms with Crippen LogP contribution in [0.1, 0.15) is 27.3 Å². The Morgan fingerprint density at radius 3 is 2.52 bits per heavy atom. The standard InChI is InChI=1S/C23H25N5O3/c1-17-5-3-4-6-19(17)16-26-11-13-27(14-12-26)20-8-7-18(15-21(20)28(30)31)22(29)23-24-9-10-25(23)2/h3-10,15H,11-14,16H2,1-2H3. The fourth-order valence-corrected chi connectivity index (χ4v) is 3.97. The van der Waals surface area contributed by atoms with Gasteiger partial charge in [0.1, 0.15) is 5.69 Å². The molecule has 0 saturated carbocycles. The number of piperazine rings is 1. The van der Waals surface area contributed by atoms with Gasteiger partial charge in [-0.25, -0.2) is 4.98 Å². The van der Waals surface area contributed by atoms with Crippen LogP contribution in [0.15, 0.2) is 54.9 Å². The minimum absolute atomic E-state index is 0.0487. The van der Waals surface area contributed by atoms with Crippen molar-refractivity contribution in [3.8, 4) is 0 Å². The molecule has 0 aliphatic carbocycles. The van der Waals surface area contributed by atoms with Crippen molar-refractivity contribution in [2.75, 3.05) is 31.1 Å². The molecule has 1 saturated heterocycles. The van der Waals surface area contributed by atoms with E-state index in [1.807, 2.05) is 11.0 Å². The predicted octanol–water partition coefficient (Wildman–Crippen LogP) is 3.19. The molecule has 160 valence electrons. The second-order valence-electron chi connectivity index (χ2n) is 7.84. The molecule has 0 amide bonds. The van der Waals surface area contributed by atoms with Crippen molar-refractivity contribution in [1.82, 2.24) is 14.5 Å². The first-order valence-electron chi connectivity index (χ1n) is 10.3. The van der Waals surface area contributed by atoms with Crippen LogP contribution in [0.25, 0.3) is 0 Å². The summed E-state index contributed by atoms with van der Waals surface area (Å²) < 4.78 is 1.61. The SMILES string of the molecule is Cc1ccccc1CN1CCN(c2ccc(C(=O)c3nccn3C)cc2[N+](=O)[O-])CC1. The highest BCUT2D eigenvalue weighted by Gasteiger charge is 2.26. The van der Waals surface area contributed by atoms with Crippen LogP contribution >= 0.6 is 0 Å². The van der Waals surface area contributed by atoms with Crippen LogP contribution in [0.2, 0.25) is 0 Å². The lowest BCUT2D eigenvalue weighted by molar-refractivity contribution is -0.384. The Balaban J connectivity index is 1.50. The van der Waals surface area contributed by atoms with Crippen molar-refractivity contribution in [2.45, 2.75) is 13.5 Å². The first kappa shape index (κ1) is 20.7. The summed E-state index contributed by atoms with van der Waals surface area (Å²) in [6.45, 7) is 6.01. The van der Waals surface area contributed by atoms with Crippen LogP contribution in [-0.2, 0) is 13.6 Å². The minimum Gasteiger partial charge on any atom is -0.363 e. The number of rotatable bonds is 6. The zero-order chi connectivity index (χ0) is 22.0. The number of nitro groups is 1. The number of aromatic nitrogens is 2. The van der Waals surface area contributed by atoms with Crippen molar-refractivity contribution in [2.24, 2.45) is 7.05 Å². The molecule has 4 rings (SSSR count). The minimum atomic E-state index is -0.412. The van der Waals surface area contributed by atoms with Gasteiger partial charge in [-0.3, -0.25) is 19.8 Å². The summed E-state index contributed by atoms with van der Waals surface area (Å²) in [5, 5.41) is 11.8.